The van der Waals surface area contributed by atoms with Gasteiger partial charge in [-0.05, 0) is 60.0 Å². The summed E-state index contributed by atoms with van der Waals surface area (Å²) in [6.07, 6.45) is 0. The number of benzene rings is 1. The van der Waals surface area contributed by atoms with Crippen LogP contribution in [-0.2, 0) is 10.8 Å². The molecule has 1 atom stereocenters. The van der Waals surface area contributed by atoms with Gasteiger partial charge in [0.1, 0.15) is 5.75 Å². The molecule has 0 bridgehead atoms. The monoisotopic (exact) mass is 326 g/mol. The summed E-state index contributed by atoms with van der Waals surface area (Å²) in [6.45, 7) is 22.1. The first-order chi connectivity index (χ1) is 10.8. The van der Waals surface area contributed by atoms with Gasteiger partial charge in [0.2, 0.25) is 0 Å². The predicted octanol–water partition coefficient (Wildman–Crippen LogP) is 6.75. The fourth-order valence-corrected chi connectivity index (χ4v) is 3.64. The normalized spacial score (nSPS) is 19.5. The summed E-state index contributed by atoms with van der Waals surface area (Å²) in [4.78, 5) is 0. The Kier molecular flexibility index (Phi) is 4.54. The van der Waals surface area contributed by atoms with Gasteiger partial charge in [-0.3, -0.25) is 0 Å². The molecular formula is C23H34O. The minimum Gasteiger partial charge on any atom is -0.507 e. The maximum absolute atomic E-state index is 11.1. The molecule has 2 rings (SSSR count). The lowest BCUT2D eigenvalue weighted by Crippen LogP contribution is -2.18. The second kappa shape index (κ2) is 5.79. The molecule has 1 aromatic carbocycles. The van der Waals surface area contributed by atoms with Gasteiger partial charge in [0, 0.05) is 17.0 Å². The largest absolute Gasteiger partial charge is 0.507 e. The van der Waals surface area contributed by atoms with Crippen molar-refractivity contribution in [2.45, 2.75) is 80.1 Å². The van der Waals surface area contributed by atoms with E-state index in [9.17, 15) is 5.11 Å². The van der Waals surface area contributed by atoms with E-state index >= 15 is 0 Å². The first kappa shape index (κ1) is 18.8. The lowest BCUT2D eigenvalue weighted by molar-refractivity contribution is 0.442. The molecule has 0 saturated carbocycles. The Morgan fingerprint density at radius 1 is 0.833 bits per heavy atom. The third-order valence-electron chi connectivity index (χ3n) is 5.71. The highest BCUT2D eigenvalue weighted by Crippen LogP contribution is 2.48. The minimum absolute atomic E-state index is 0.0519. The minimum atomic E-state index is -0.0894. The van der Waals surface area contributed by atoms with Gasteiger partial charge >= 0.3 is 0 Å². The number of aromatic hydroxyl groups is 1. The number of rotatable bonds is 1. The van der Waals surface area contributed by atoms with Crippen molar-refractivity contribution in [3.8, 4) is 5.75 Å². The number of phenolic OH excluding ortho intramolecular Hbond substituents is 1. The molecule has 1 aliphatic carbocycles. The van der Waals surface area contributed by atoms with Crippen LogP contribution in [0.2, 0.25) is 0 Å². The molecule has 0 spiro atoms. The number of hydrogen-bond acceptors (Lipinski definition) is 1. The fourth-order valence-electron chi connectivity index (χ4n) is 3.64. The van der Waals surface area contributed by atoms with E-state index in [0.717, 1.165) is 11.1 Å². The van der Waals surface area contributed by atoms with Crippen molar-refractivity contribution < 1.29 is 5.11 Å². The molecular weight excluding hydrogens is 292 g/mol. The standard InChI is InChI=1S/C23H34O/c1-13-14(2)16(4)20(15(13)3)18-11-17(22(5,6)7)12-19(21(18)24)23(8,9)10/h11-12,15,24H,1-10H3. The van der Waals surface area contributed by atoms with Crippen LogP contribution in [0.5, 0.6) is 5.75 Å². The van der Waals surface area contributed by atoms with Crippen LogP contribution in [0, 0.1) is 5.92 Å². The van der Waals surface area contributed by atoms with Gasteiger partial charge in [0.25, 0.3) is 0 Å². The highest BCUT2D eigenvalue weighted by molar-refractivity contribution is 5.83. The second-order valence-electron chi connectivity index (χ2n) is 9.49. The van der Waals surface area contributed by atoms with Crippen LogP contribution in [0.15, 0.2) is 28.9 Å². The van der Waals surface area contributed by atoms with Crippen LogP contribution in [-0.4, -0.2) is 5.11 Å². The molecule has 0 aliphatic heterocycles. The Morgan fingerprint density at radius 2 is 1.38 bits per heavy atom. The van der Waals surface area contributed by atoms with Gasteiger partial charge in [0.15, 0.2) is 0 Å². The summed E-state index contributed by atoms with van der Waals surface area (Å²) < 4.78 is 0. The summed E-state index contributed by atoms with van der Waals surface area (Å²) in [5.41, 5.74) is 8.71. The topological polar surface area (TPSA) is 20.2 Å². The van der Waals surface area contributed by atoms with E-state index in [-0.39, 0.29) is 10.8 Å². The summed E-state index contributed by atoms with van der Waals surface area (Å²) in [5, 5.41) is 11.1. The number of hydrogen-bond donors (Lipinski definition) is 1. The fraction of sp³-hybridized carbons (Fsp3) is 0.565. The molecule has 1 aromatic rings. The molecule has 1 nitrogen and oxygen atoms in total. The van der Waals surface area contributed by atoms with Crippen molar-refractivity contribution in [1.29, 1.82) is 0 Å². The molecule has 0 radical (unpaired) electrons. The van der Waals surface area contributed by atoms with Crippen molar-refractivity contribution in [2.24, 2.45) is 5.92 Å². The van der Waals surface area contributed by atoms with Crippen LogP contribution >= 0.6 is 0 Å². The van der Waals surface area contributed by atoms with Crippen molar-refractivity contribution in [3.63, 3.8) is 0 Å². The van der Waals surface area contributed by atoms with Crippen LogP contribution in [0.3, 0.4) is 0 Å². The van der Waals surface area contributed by atoms with Crippen LogP contribution in [0.4, 0.5) is 0 Å². The summed E-state index contributed by atoms with van der Waals surface area (Å²) >= 11 is 0. The smallest absolute Gasteiger partial charge is 0.126 e. The van der Waals surface area contributed by atoms with E-state index in [0.29, 0.717) is 11.7 Å². The Morgan fingerprint density at radius 3 is 1.75 bits per heavy atom. The Labute approximate surface area is 148 Å². The van der Waals surface area contributed by atoms with E-state index < -0.39 is 0 Å². The van der Waals surface area contributed by atoms with Crippen molar-refractivity contribution in [3.05, 3.63) is 45.5 Å². The van der Waals surface area contributed by atoms with Gasteiger partial charge in [-0.25, -0.2) is 0 Å². The van der Waals surface area contributed by atoms with Gasteiger partial charge < -0.3 is 5.11 Å². The molecule has 132 valence electrons. The van der Waals surface area contributed by atoms with E-state index in [1.165, 1.54) is 27.9 Å². The van der Waals surface area contributed by atoms with Gasteiger partial charge in [0.05, 0.1) is 0 Å². The third kappa shape index (κ3) is 3.06. The first-order valence-corrected chi connectivity index (χ1v) is 9.03. The molecule has 1 N–H and O–H groups in total. The molecule has 0 amide bonds. The summed E-state index contributed by atoms with van der Waals surface area (Å²) in [5.74, 6) is 0.818. The van der Waals surface area contributed by atoms with E-state index in [1.807, 2.05) is 0 Å². The molecule has 0 aromatic heterocycles. The zero-order valence-electron chi connectivity index (χ0n) is 17.2. The van der Waals surface area contributed by atoms with Gasteiger partial charge in [-0.15, -0.1) is 0 Å². The molecule has 0 fully saturated rings. The number of phenols is 1. The van der Waals surface area contributed by atoms with Gasteiger partial charge in [-0.1, -0.05) is 60.1 Å². The zero-order chi connectivity index (χ0) is 18.6. The van der Waals surface area contributed by atoms with Crippen molar-refractivity contribution in [2.75, 3.05) is 0 Å². The molecule has 24 heavy (non-hydrogen) atoms. The highest BCUT2D eigenvalue weighted by atomic mass is 16.3. The summed E-state index contributed by atoms with van der Waals surface area (Å²) in [6, 6.07) is 4.41. The van der Waals surface area contributed by atoms with E-state index in [2.05, 4.69) is 81.4 Å². The summed E-state index contributed by atoms with van der Waals surface area (Å²) in [7, 11) is 0. The molecule has 1 unspecified atom stereocenters. The van der Waals surface area contributed by atoms with Crippen molar-refractivity contribution >= 4 is 5.57 Å². The maximum Gasteiger partial charge on any atom is 0.126 e. The molecule has 1 heteroatoms. The SMILES string of the molecule is CC1=C(C)C(C)C(c2cc(C(C)(C)C)cc(C(C)(C)C)c2O)=C1C. The Balaban J connectivity index is 2.81. The van der Waals surface area contributed by atoms with Crippen LogP contribution in [0.1, 0.15) is 85.9 Å². The second-order valence-corrected chi connectivity index (χ2v) is 9.49. The van der Waals surface area contributed by atoms with E-state index in [4.69, 9.17) is 0 Å². The lowest BCUT2D eigenvalue weighted by Gasteiger charge is -2.29. The Hall–Kier alpha value is -1.50. The van der Waals surface area contributed by atoms with E-state index in [1.54, 1.807) is 0 Å². The quantitative estimate of drug-likeness (QED) is 0.605. The molecule has 0 saturated heterocycles. The average molecular weight is 327 g/mol. The third-order valence-corrected chi connectivity index (χ3v) is 5.71. The molecule has 0 heterocycles. The van der Waals surface area contributed by atoms with Crippen LogP contribution < -0.4 is 0 Å². The average Bonchev–Trinajstić information content (AvgIpc) is 2.61. The lowest BCUT2D eigenvalue weighted by atomic mass is 9.77. The first-order valence-electron chi connectivity index (χ1n) is 9.03. The Bertz CT molecular complexity index is 731. The zero-order valence-corrected chi connectivity index (χ0v) is 17.2. The molecule has 1 aliphatic rings. The van der Waals surface area contributed by atoms with Crippen molar-refractivity contribution in [1.82, 2.24) is 0 Å². The van der Waals surface area contributed by atoms with Gasteiger partial charge in [-0.2, -0.15) is 0 Å². The maximum atomic E-state index is 11.1. The predicted molar refractivity (Wildman–Crippen MR) is 106 cm³/mol. The highest BCUT2D eigenvalue weighted by Gasteiger charge is 2.31. The van der Waals surface area contributed by atoms with Crippen LogP contribution in [0.25, 0.3) is 5.57 Å². The number of allylic oxidation sites excluding steroid dienone is 4.